The number of hydrogen-bond acceptors (Lipinski definition) is 9. The smallest absolute Gasteiger partial charge is 0.274 e. The summed E-state index contributed by atoms with van der Waals surface area (Å²) in [6.07, 6.45) is -0.759. The van der Waals surface area contributed by atoms with Crippen LogP contribution in [0.3, 0.4) is 0 Å². The molecule has 1 aromatic rings. The second-order valence-corrected chi connectivity index (χ2v) is 5.52. The molecule has 0 amide bonds. The number of aliphatic hydroxyl groups is 1. The van der Waals surface area contributed by atoms with Crippen molar-refractivity contribution in [1.82, 2.24) is 15.0 Å². The van der Waals surface area contributed by atoms with E-state index in [0.717, 1.165) is 0 Å². The van der Waals surface area contributed by atoms with E-state index in [1.54, 1.807) is 0 Å². The fourth-order valence-corrected chi connectivity index (χ4v) is 2.44. The van der Waals surface area contributed by atoms with Crippen molar-refractivity contribution in [2.45, 2.75) is 24.6 Å². The van der Waals surface area contributed by atoms with Crippen molar-refractivity contribution in [3.63, 3.8) is 0 Å². The molecule has 13 heteroatoms. The lowest BCUT2D eigenvalue weighted by Crippen LogP contribution is -2.62. The Labute approximate surface area is 113 Å². The van der Waals surface area contributed by atoms with Crippen molar-refractivity contribution in [1.29, 1.82) is 0 Å². The summed E-state index contributed by atoms with van der Waals surface area (Å²) in [6.45, 7) is 0. The minimum atomic E-state index is -3.88. The third-order valence-electron chi connectivity index (χ3n) is 2.81. The van der Waals surface area contributed by atoms with Gasteiger partial charge in [0.2, 0.25) is 5.82 Å². The van der Waals surface area contributed by atoms with Crippen LogP contribution in [0.25, 0.3) is 0 Å². The van der Waals surface area contributed by atoms with E-state index in [1.807, 2.05) is 0 Å². The summed E-state index contributed by atoms with van der Waals surface area (Å²) in [5.74, 6) is -0.250. The van der Waals surface area contributed by atoms with Gasteiger partial charge >= 0.3 is 0 Å². The molecule has 0 bridgehead atoms. The number of rotatable bonds is 5. The molecule has 1 fully saturated rings. The van der Waals surface area contributed by atoms with Crippen LogP contribution in [-0.2, 0) is 10.2 Å². The maximum Gasteiger partial charge on any atom is 0.274 e. The molecule has 20 heavy (non-hydrogen) atoms. The summed E-state index contributed by atoms with van der Waals surface area (Å²) in [5.41, 5.74) is 5.32. The molecule has 1 aliphatic carbocycles. The van der Waals surface area contributed by atoms with Gasteiger partial charge in [-0.15, -0.1) is 0 Å². The number of nitrogens with one attached hydrogen (secondary N) is 2. The predicted molar refractivity (Wildman–Crippen MR) is 64.9 cm³/mol. The number of hydrogen-bond donors (Lipinski definition) is 6. The van der Waals surface area contributed by atoms with Crippen LogP contribution in [0.1, 0.15) is 12.1 Å². The summed E-state index contributed by atoms with van der Waals surface area (Å²) in [7, 11) is -3.88. The minimum absolute atomic E-state index is 0.0254. The van der Waals surface area contributed by atoms with Gasteiger partial charge in [-0.3, -0.25) is 0 Å². The molecule has 1 aromatic heterocycles. The summed E-state index contributed by atoms with van der Waals surface area (Å²) < 4.78 is 28.2. The first kappa shape index (κ1) is 14.4. The third kappa shape index (κ3) is 2.96. The fourth-order valence-electron chi connectivity index (χ4n) is 1.78. The highest BCUT2D eigenvalue weighted by atomic mass is 32.2. The lowest BCUT2D eigenvalue weighted by molar-refractivity contribution is 0.0456. The Balaban J connectivity index is 1.99. The number of aliphatic hydroxyl groups excluding tert-OH is 1. The van der Waals surface area contributed by atoms with Crippen molar-refractivity contribution >= 4 is 21.9 Å². The Morgan fingerprint density at radius 3 is 2.70 bits per heavy atom. The topological polar surface area (TPSA) is 202 Å². The molecule has 0 radical (unpaired) electrons. The van der Waals surface area contributed by atoms with Gasteiger partial charge in [-0.2, -0.15) is 13.1 Å². The molecule has 0 aromatic carbocycles. The van der Waals surface area contributed by atoms with Gasteiger partial charge in [0.05, 0.1) is 18.2 Å². The average molecular weight is 307 g/mol. The molecule has 0 spiro atoms. The van der Waals surface area contributed by atoms with Crippen molar-refractivity contribution in [3.8, 4) is 0 Å². The van der Waals surface area contributed by atoms with Crippen LogP contribution in [0, 0.1) is 0 Å². The zero-order chi connectivity index (χ0) is 14.9. The van der Waals surface area contributed by atoms with Crippen LogP contribution < -0.4 is 20.9 Å². The van der Waals surface area contributed by atoms with Crippen LogP contribution in [0.15, 0.2) is 9.78 Å². The van der Waals surface area contributed by atoms with Crippen LogP contribution in [0.4, 0.5) is 5.82 Å². The molecule has 1 heterocycles. The molecule has 0 saturated heterocycles. The highest BCUT2D eigenvalue weighted by Gasteiger charge is 2.42. The first-order valence-electron chi connectivity index (χ1n) is 5.37. The number of oxime groups is 1. The largest absolute Gasteiger partial charge is 0.409 e. The zero-order valence-electron chi connectivity index (χ0n) is 9.96. The summed E-state index contributed by atoms with van der Waals surface area (Å²) >= 11 is 0. The number of nitrogens with zero attached hydrogens (tertiary/aromatic N) is 3. The van der Waals surface area contributed by atoms with Gasteiger partial charge in [0.15, 0.2) is 11.5 Å². The molecule has 12 nitrogen and oxygen atoms in total. The molecular formula is C7H13N7O5S. The maximum atomic E-state index is 10.8. The standard InChI is InChI=1S/C7H13N7O5S/c8-6(11-16)4-7(13-19-12-4)10-2-1-3(5(2)15)14-20(9,17)18/h2-3,5,14-16H,1H2,(H2,8,11)(H,10,13)(H2,9,17,18). The SMILES string of the molecule is N/C(=N\O)c1nonc1NC1CC(NS(N)(=O)=O)C1O. The molecule has 8 N–H and O–H groups in total. The lowest BCUT2D eigenvalue weighted by Gasteiger charge is -2.41. The van der Waals surface area contributed by atoms with Gasteiger partial charge in [-0.05, 0) is 16.7 Å². The zero-order valence-corrected chi connectivity index (χ0v) is 10.8. The third-order valence-corrected chi connectivity index (χ3v) is 3.44. The second-order valence-electron chi connectivity index (χ2n) is 4.19. The second kappa shape index (κ2) is 5.20. The van der Waals surface area contributed by atoms with E-state index in [-0.39, 0.29) is 23.8 Å². The molecule has 112 valence electrons. The normalized spacial score (nSPS) is 27.1. The van der Waals surface area contributed by atoms with E-state index < -0.39 is 28.4 Å². The van der Waals surface area contributed by atoms with E-state index in [2.05, 4.69) is 30.1 Å². The Bertz CT molecular complexity index is 613. The van der Waals surface area contributed by atoms with Crippen molar-refractivity contribution in [3.05, 3.63) is 5.69 Å². The number of aromatic nitrogens is 2. The summed E-state index contributed by atoms with van der Waals surface area (Å²) in [4.78, 5) is 0. The van der Waals surface area contributed by atoms with Gasteiger partial charge < -0.3 is 21.4 Å². The van der Waals surface area contributed by atoms with Crippen molar-refractivity contribution < 1.29 is 23.4 Å². The van der Waals surface area contributed by atoms with Crippen LogP contribution in [0.2, 0.25) is 0 Å². The van der Waals surface area contributed by atoms with Gasteiger partial charge in [0.1, 0.15) is 0 Å². The number of amidine groups is 1. The molecule has 3 atom stereocenters. The monoisotopic (exact) mass is 307 g/mol. The van der Waals surface area contributed by atoms with Gasteiger partial charge in [0, 0.05) is 0 Å². The van der Waals surface area contributed by atoms with Crippen molar-refractivity contribution in [2.24, 2.45) is 16.0 Å². The van der Waals surface area contributed by atoms with Gasteiger partial charge in [-0.25, -0.2) is 9.77 Å². The Morgan fingerprint density at radius 1 is 1.45 bits per heavy atom. The molecule has 1 saturated carbocycles. The quantitative estimate of drug-likeness (QED) is 0.141. The number of nitrogens with two attached hydrogens (primary N) is 2. The van der Waals surface area contributed by atoms with Crippen molar-refractivity contribution in [2.75, 3.05) is 5.32 Å². The Morgan fingerprint density at radius 2 is 2.15 bits per heavy atom. The highest BCUT2D eigenvalue weighted by Crippen LogP contribution is 2.25. The van der Waals surface area contributed by atoms with E-state index in [4.69, 9.17) is 16.1 Å². The van der Waals surface area contributed by atoms with E-state index in [1.165, 1.54) is 0 Å². The lowest BCUT2D eigenvalue weighted by atomic mass is 9.84. The highest BCUT2D eigenvalue weighted by molar-refractivity contribution is 7.87. The molecule has 3 unspecified atom stereocenters. The fraction of sp³-hybridized carbons (Fsp3) is 0.571. The Kier molecular flexibility index (Phi) is 3.76. The number of anilines is 1. The first-order valence-corrected chi connectivity index (χ1v) is 6.91. The van der Waals surface area contributed by atoms with E-state index >= 15 is 0 Å². The summed E-state index contributed by atoms with van der Waals surface area (Å²) in [6, 6.07) is -1.21. The van der Waals surface area contributed by atoms with Crippen LogP contribution in [-0.4, -0.2) is 53.1 Å². The average Bonchev–Trinajstić information content (AvgIpc) is 2.83. The molecular weight excluding hydrogens is 294 g/mol. The van der Waals surface area contributed by atoms with E-state index in [0.29, 0.717) is 0 Å². The van der Waals surface area contributed by atoms with Crippen LogP contribution >= 0.6 is 0 Å². The molecule has 0 aliphatic heterocycles. The van der Waals surface area contributed by atoms with Gasteiger partial charge in [-0.1, -0.05) is 5.16 Å². The minimum Gasteiger partial charge on any atom is -0.409 e. The summed E-state index contributed by atoms with van der Waals surface area (Å²) in [5, 5.41) is 35.5. The Hall–Kier alpha value is -1.96. The maximum absolute atomic E-state index is 10.8. The first-order chi connectivity index (χ1) is 9.31. The van der Waals surface area contributed by atoms with E-state index in [9.17, 15) is 13.5 Å². The van der Waals surface area contributed by atoms with Gasteiger partial charge in [0.25, 0.3) is 10.2 Å². The van der Waals surface area contributed by atoms with Crippen LogP contribution in [0.5, 0.6) is 0 Å². The predicted octanol–water partition coefficient (Wildman–Crippen LogP) is -3.13. The molecule has 1 aliphatic rings. The molecule has 2 rings (SSSR count).